The first kappa shape index (κ1) is 18.3. The van der Waals surface area contributed by atoms with E-state index in [0.717, 1.165) is 25.2 Å². The molecule has 3 rings (SSSR count). The van der Waals surface area contributed by atoms with Crippen LogP contribution in [-0.2, 0) is 4.74 Å². The van der Waals surface area contributed by atoms with Crippen LogP contribution in [0.25, 0.3) is 11.3 Å². The van der Waals surface area contributed by atoms with Crippen molar-refractivity contribution >= 4 is 5.97 Å². The minimum Gasteiger partial charge on any atom is -0.493 e. The second-order valence-electron chi connectivity index (χ2n) is 6.27. The zero-order valence-electron chi connectivity index (χ0n) is 15.3. The molecule has 7 nitrogen and oxygen atoms in total. The fraction of sp³-hybridized carbons (Fsp3) is 0.474. The lowest BCUT2D eigenvalue weighted by Crippen LogP contribution is -2.33. The highest BCUT2D eigenvalue weighted by molar-refractivity contribution is 5.88. The Morgan fingerprint density at radius 1 is 1.12 bits per heavy atom. The molecule has 7 heteroatoms. The number of aromatic nitrogens is 2. The first-order valence-corrected chi connectivity index (χ1v) is 8.88. The number of nitrogens with one attached hydrogen (secondary N) is 1. The van der Waals surface area contributed by atoms with Gasteiger partial charge in [0.2, 0.25) is 0 Å². The molecule has 1 aliphatic rings. The third kappa shape index (κ3) is 4.35. The summed E-state index contributed by atoms with van der Waals surface area (Å²) in [5.74, 6) is 0.865. The summed E-state index contributed by atoms with van der Waals surface area (Å²) in [6.45, 7) is 3.35. The van der Waals surface area contributed by atoms with Gasteiger partial charge in [-0.05, 0) is 50.2 Å². The number of piperidine rings is 1. The summed E-state index contributed by atoms with van der Waals surface area (Å²) in [5.41, 5.74) is 1.81. The molecule has 1 aromatic heterocycles. The van der Waals surface area contributed by atoms with Gasteiger partial charge in [0.25, 0.3) is 0 Å². The zero-order chi connectivity index (χ0) is 18.4. The number of rotatable bonds is 7. The van der Waals surface area contributed by atoms with Gasteiger partial charge in [0.05, 0.1) is 19.9 Å². The van der Waals surface area contributed by atoms with E-state index in [-0.39, 0.29) is 5.97 Å². The number of benzene rings is 1. The molecule has 0 atom stereocenters. The van der Waals surface area contributed by atoms with Gasteiger partial charge in [0, 0.05) is 12.1 Å². The van der Waals surface area contributed by atoms with Crippen LogP contribution < -0.4 is 9.47 Å². The third-order valence-electron chi connectivity index (χ3n) is 4.57. The van der Waals surface area contributed by atoms with Crippen molar-refractivity contribution in [3.8, 4) is 22.8 Å². The Balaban J connectivity index is 1.59. The second-order valence-corrected chi connectivity index (χ2v) is 6.27. The van der Waals surface area contributed by atoms with Crippen LogP contribution in [0.4, 0.5) is 0 Å². The second kappa shape index (κ2) is 8.71. The average Bonchev–Trinajstić information content (AvgIpc) is 3.18. The molecule has 1 fully saturated rings. The first-order chi connectivity index (χ1) is 12.7. The van der Waals surface area contributed by atoms with E-state index in [0.29, 0.717) is 29.5 Å². The molecule has 0 saturated carbocycles. The summed E-state index contributed by atoms with van der Waals surface area (Å²) in [6, 6.07) is 7.17. The monoisotopic (exact) mass is 359 g/mol. The molecule has 140 valence electrons. The summed E-state index contributed by atoms with van der Waals surface area (Å²) < 4.78 is 15.9. The quantitative estimate of drug-likeness (QED) is 0.766. The van der Waals surface area contributed by atoms with Crippen molar-refractivity contribution in [1.29, 1.82) is 0 Å². The number of aromatic amines is 1. The standard InChI is InChI=1S/C19H25N3O4/c1-24-17-7-6-14(12-18(17)25-2)15-13-16(21-20-15)19(23)26-11-10-22-8-4-3-5-9-22/h6-7,12-13H,3-5,8-11H2,1-2H3,(H,20,21). The number of carbonyl (C=O) groups excluding carboxylic acids is 1. The van der Waals surface area contributed by atoms with Gasteiger partial charge >= 0.3 is 5.97 Å². The minimum atomic E-state index is -0.388. The molecule has 0 amide bonds. The van der Waals surface area contributed by atoms with E-state index >= 15 is 0 Å². The van der Waals surface area contributed by atoms with Gasteiger partial charge in [0.15, 0.2) is 11.5 Å². The predicted octanol–water partition coefficient (Wildman–Crippen LogP) is 2.74. The molecule has 1 aliphatic heterocycles. The highest BCUT2D eigenvalue weighted by Crippen LogP contribution is 2.31. The number of hydrogen-bond acceptors (Lipinski definition) is 6. The molecule has 0 aliphatic carbocycles. The lowest BCUT2D eigenvalue weighted by atomic mass is 10.1. The Hall–Kier alpha value is -2.54. The van der Waals surface area contributed by atoms with E-state index < -0.39 is 0 Å². The van der Waals surface area contributed by atoms with Crippen molar-refractivity contribution in [2.75, 3.05) is 40.5 Å². The Bertz CT molecular complexity index is 738. The van der Waals surface area contributed by atoms with Crippen LogP contribution in [-0.4, -0.2) is 61.5 Å². The van der Waals surface area contributed by atoms with Crippen LogP contribution in [0.15, 0.2) is 24.3 Å². The van der Waals surface area contributed by atoms with Crippen LogP contribution in [0.5, 0.6) is 11.5 Å². The Labute approximate surface area is 153 Å². The summed E-state index contributed by atoms with van der Waals surface area (Å²) >= 11 is 0. The van der Waals surface area contributed by atoms with Crippen LogP contribution in [0.1, 0.15) is 29.8 Å². The highest BCUT2D eigenvalue weighted by atomic mass is 16.5. The van der Waals surface area contributed by atoms with Gasteiger partial charge in [-0.3, -0.25) is 10.00 Å². The number of methoxy groups -OCH3 is 2. The first-order valence-electron chi connectivity index (χ1n) is 8.88. The third-order valence-corrected chi connectivity index (χ3v) is 4.57. The van der Waals surface area contributed by atoms with E-state index in [1.807, 2.05) is 12.1 Å². The number of hydrogen-bond donors (Lipinski definition) is 1. The van der Waals surface area contributed by atoms with Crippen molar-refractivity contribution in [3.63, 3.8) is 0 Å². The smallest absolute Gasteiger partial charge is 0.356 e. The Morgan fingerprint density at radius 2 is 1.88 bits per heavy atom. The van der Waals surface area contributed by atoms with Gasteiger partial charge in [-0.15, -0.1) is 0 Å². The summed E-state index contributed by atoms with van der Waals surface area (Å²) in [4.78, 5) is 14.5. The molecule has 1 aromatic carbocycles. The largest absolute Gasteiger partial charge is 0.493 e. The van der Waals surface area contributed by atoms with Crippen molar-refractivity contribution in [2.24, 2.45) is 0 Å². The van der Waals surface area contributed by atoms with E-state index in [2.05, 4.69) is 15.1 Å². The molecular weight excluding hydrogens is 334 g/mol. The van der Waals surface area contributed by atoms with E-state index in [4.69, 9.17) is 14.2 Å². The van der Waals surface area contributed by atoms with E-state index in [1.165, 1.54) is 19.3 Å². The molecule has 2 aromatic rings. The topological polar surface area (TPSA) is 76.7 Å². The summed E-state index contributed by atoms with van der Waals surface area (Å²) in [6.07, 6.45) is 3.75. The summed E-state index contributed by atoms with van der Waals surface area (Å²) in [5, 5.41) is 6.95. The average molecular weight is 359 g/mol. The molecule has 1 N–H and O–H groups in total. The highest BCUT2D eigenvalue weighted by Gasteiger charge is 2.15. The number of nitrogens with zero attached hydrogens (tertiary/aromatic N) is 2. The number of carbonyl (C=O) groups is 1. The number of H-pyrrole nitrogens is 1. The number of esters is 1. The number of ether oxygens (including phenoxy) is 3. The zero-order valence-corrected chi connectivity index (χ0v) is 15.3. The maximum absolute atomic E-state index is 12.2. The van der Waals surface area contributed by atoms with Crippen LogP contribution in [0.2, 0.25) is 0 Å². The van der Waals surface area contributed by atoms with Crippen molar-refractivity contribution in [3.05, 3.63) is 30.0 Å². The molecule has 0 spiro atoms. The lowest BCUT2D eigenvalue weighted by molar-refractivity contribution is 0.0445. The van der Waals surface area contributed by atoms with Crippen molar-refractivity contribution < 1.29 is 19.0 Å². The normalized spacial score (nSPS) is 14.8. The summed E-state index contributed by atoms with van der Waals surface area (Å²) in [7, 11) is 3.17. The molecule has 26 heavy (non-hydrogen) atoms. The maximum atomic E-state index is 12.2. The fourth-order valence-electron chi connectivity index (χ4n) is 3.10. The molecule has 2 heterocycles. The molecule has 0 radical (unpaired) electrons. The van der Waals surface area contributed by atoms with Gasteiger partial charge in [-0.2, -0.15) is 5.10 Å². The minimum absolute atomic E-state index is 0.341. The van der Waals surface area contributed by atoms with Gasteiger partial charge in [-0.25, -0.2) is 4.79 Å². The maximum Gasteiger partial charge on any atom is 0.356 e. The van der Waals surface area contributed by atoms with Crippen molar-refractivity contribution in [1.82, 2.24) is 15.1 Å². The predicted molar refractivity (Wildman–Crippen MR) is 97.7 cm³/mol. The van der Waals surface area contributed by atoms with Crippen LogP contribution in [0, 0.1) is 0 Å². The van der Waals surface area contributed by atoms with Gasteiger partial charge in [0.1, 0.15) is 12.3 Å². The fourth-order valence-corrected chi connectivity index (χ4v) is 3.10. The SMILES string of the molecule is COc1ccc(-c2cc(C(=O)OCCN3CCCCC3)[nH]n2)cc1OC. The molecule has 0 bridgehead atoms. The molecule has 0 unspecified atom stereocenters. The molecular formula is C19H25N3O4. The molecule has 1 saturated heterocycles. The van der Waals surface area contributed by atoms with E-state index in [9.17, 15) is 4.79 Å². The van der Waals surface area contributed by atoms with Crippen LogP contribution >= 0.6 is 0 Å². The van der Waals surface area contributed by atoms with E-state index in [1.54, 1.807) is 26.4 Å². The van der Waals surface area contributed by atoms with Gasteiger partial charge < -0.3 is 14.2 Å². The van der Waals surface area contributed by atoms with Crippen molar-refractivity contribution in [2.45, 2.75) is 19.3 Å². The Morgan fingerprint density at radius 3 is 2.62 bits per heavy atom. The van der Waals surface area contributed by atoms with Gasteiger partial charge in [-0.1, -0.05) is 6.42 Å². The number of likely N-dealkylation sites (tertiary alicyclic amines) is 1. The lowest BCUT2D eigenvalue weighted by Gasteiger charge is -2.25. The Kier molecular flexibility index (Phi) is 6.12. The van der Waals surface area contributed by atoms with Crippen LogP contribution in [0.3, 0.4) is 0 Å².